The van der Waals surface area contributed by atoms with Crippen molar-refractivity contribution < 1.29 is 40.6 Å². The number of hydrogen-bond donors (Lipinski definition) is 0. The van der Waals surface area contributed by atoms with Gasteiger partial charge in [-0.05, 0) is 12.1 Å². The minimum absolute atomic E-state index is 0. The maximum absolute atomic E-state index is 13.1. The molecule has 0 bridgehead atoms. The van der Waals surface area contributed by atoms with Crippen LogP contribution in [0.2, 0.25) is 0 Å². The van der Waals surface area contributed by atoms with Crippen LogP contribution >= 0.6 is 10.5 Å². The van der Waals surface area contributed by atoms with E-state index in [0.29, 0.717) is 0 Å². The van der Waals surface area contributed by atoms with Gasteiger partial charge in [0.15, 0.2) is 10.1 Å². The Balaban J connectivity index is 0.00000225. The van der Waals surface area contributed by atoms with E-state index < -0.39 is 25.2 Å². The van der Waals surface area contributed by atoms with Crippen LogP contribution in [0.25, 0.3) is 0 Å². The molecule has 0 saturated carbocycles. The summed E-state index contributed by atoms with van der Waals surface area (Å²) in [5, 5.41) is 0. The molecule has 0 aliphatic carbocycles. The van der Waals surface area contributed by atoms with Crippen LogP contribution in [-0.4, -0.2) is 23.4 Å². The van der Waals surface area contributed by atoms with Gasteiger partial charge in [0.05, 0.1) is 0 Å². The molecule has 0 saturated heterocycles. The SMILES string of the molecule is C=S(c1ccccc1)C(F)(F)S(=O)(=O)[O-].[Li+]. The van der Waals surface area contributed by atoms with Gasteiger partial charge in [0.2, 0.25) is 0 Å². The molecule has 1 rings (SSSR count). The predicted octanol–water partition coefficient (Wildman–Crippen LogP) is -1.15. The maximum Gasteiger partial charge on any atom is 1.00 e. The Hall–Kier alpha value is -0.193. The van der Waals surface area contributed by atoms with Crippen molar-refractivity contribution in [2.45, 2.75) is 9.48 Å². The maximum atomic E-state index is 13.1. The van der Waals surface area contributed by atoms with Gasteiger partial charge in [-0.25, -0.2) is 8.42 Å². The molecule has 84 valence electrons. The van der Waals surface area contributed by atoms with E-state index in [0.717, 1.165) is 0 Å². The zero-order valence-electron chi connectivity index (χ0n) is 8.39. The van der Waals surface area contributed by atoms with Crippen LogP contribution in [0.4, 0.5) is 8.78 Å². The average Bonchev–Trinajstić information content (AvgIpc) is 2.16. The van der Waals surface area contributed by atoms with E-state index in [4.69, 9.17) is 0 Å². The number of halogens is 2. The molecule has 0 aromatic heterocycles. The third-order valence-electron chi connectivity index (χ3n) is 1.61. The number of hydrogen-bond acceptors (Lipinski definition) is 3. The van der Waals surface area contributed by atoms with Crippen molar-refractivity contribution in [1.82, 2.24) is 0 Å². The molecule has 0 heterocycles. The summed E-state index contributed by atoms with van der Waals surface area (Å²) in [7, 11) is -7.88. The van der Waals surface area contributed by atoms with E-state index in [2.05, 4.69) is 5.87 Å². The molecule has 16 heavy (non-hydrogen) atoms. The molecular weight excluding hydrogens is 253 g/mol. The molecule has 3 nitrogen and oxygen atoms in total. The van der Waals surface area contributed by atoms with Gasteiger partial charge in [-0.15, -0.1) is 0 Å². The van der Waals surface area contributed by atoms with Crippen molar-refractivity contribution in [3.8, 4) is 0 Å². The molecule has 1 aromatic rings. The molecule has 1 aromatic carbocycles. The minimum Gasteiger partial charge on any atom is -0.743 e. The molecule has 0 aliphatic heterocycles. The Bertz CT molecular complexity index is 473. The first-order valence-electron chi connectivity index (χ1n) is 3.69. The van der Waals surface area contributed by atoms with Crippen molar-refractivity contribution in [1.29, 1.82) is 0 Å². The van der Waals surface area contributed by atoms with Crippen LogP contribution in [0.1, 0.15) is 0 Å². The Labute approximate surface area is 107 Å². The predicted molar refractivity (Wildman–Crippen MR) is 54.1 cm³/mol. The zero-order chi connectivity index (χ0) is 11.7. The molecule has 0 spiro atoms. The van der Waals surface area contributed by atoms with E-state index in [1.54, 1.807) is 6.07 Å². The fourth-order valence-corrected chi connectivity index (χ4v) is 2.88. The van der Waals surface area contributed by atoms with Gasteiger partial charge in [0, 0.05) is 4.90 Å². The minimum atomic E-state index is -5.68. The summed E-state index contributed by atoms with van der Waals surface area (Å²) < 4.78 is 52.7. The Kier molecular flexibility index (Phi) is 5.36. The second-order valence-corrected chi connectivity index (χ2v) is 6.07. The van der Waals surface area contributed by atoms with E-state index in [9.17, 15) is 21.8 Å². The quantitative estimate of drug-likeness (QED) is 0.391. The van der Waals surface area contributed by atoms with Crippen molar-refractivity contribution >= 4 is 26.5 Å². The standard InChI is InChI=1S/C8H8F2O3S2.Li/c1-14(7-5-3-2-4-6-7)8(9,10)15(11,12)13;/h2-6H,1H2,(H,11,12,13);/q;+1/p-1. The van der Waals surface area contributed by atoms with Gasteiger partial charge in [0.1, 0.15) is 0 Å². The summed E-state index contributed by atoms with van der Waals surface area (Å²) >= 11 is 0. The molecule has 0 radical (unpaired) electrons. The summed E-state index contributed by atoms with van der Waals surface area (Å²) in [5.74, 6) is 3.05. The molecule has 1 atom stereocenters. The number of alkyl halides is 2. The first kappa shape index (κ1) is 15.8. The van der Waals surface area contributed by atoms with Gasteiger partial charge < -0.3 is 4.55 Å². The molecule has 0 fully saturated rings. The summed E-state index contributed by atoms with van der Waals surface area (Å²) in [6.45, 7) is 0. The second kappa shape index (κ2) is 5.43. The van der Waals surface area contributed by atoms with Gasteiger partial charge >= 0.3 is 23.4 Å². The molecule has 8 heteroatoms. The van der Waals surface area contributed by atoms with E-state index in [-0.39, 0.29) is 23.8 Å². The Morgan fingerprint density at radius 1 is 1.25 bits per heavy atom. The van der Waals surface area contributed by atoms with Crippen LogP contribution in [0.15, 0.2) is 35.2 Å². The molecular formula is C8H7F2LiO3S2. The van der Waals surface area contributed by atoms with E-state index in [1.807, 2.05) is 0 Å². The molecule has 0 amide bonds. The average molecular weight is 260 g/mol. The largest absolute Gasteiger partial charge is 1.00 e. The van der Waals surface area contributed by atoms with E-state index in [1.165, 1.54) is 24.3 Å². The molecule has 0 aliphatic rings. The third-order valence-corrected chi connectivity index (χ3v) is 4.82. The van der Waals surface area contributed by atoms with Gasteiger partial charge in [-0.3, -0.25) is 0 Å². The van der Waals surface area contributed by atoms with Gasteiger partial charge in [-0.1, -0.05) is 34.6 Å². The first-order valence-corrected chi connectivity index (χ1v) is 6.49. The number of benzene rings is 1. The van der Waals surface area contributed by atoms with Crippen LogP contribution in [0.5, 0.6) is 0 Å². The molecule has 0 N–H and O–H groups in total. The second-order valence-electron chi connectivity index (χ2n) is 2.62. The summed E-state index contributed by atoms with van der Waals surface area (Å²) in [6, 6.07) is 7.12. The first-order chi connectivity index (χ1) is 6.77. The topological polar surface area (TPSA) is 57.2 Å². The van der Waals surface area contributed by atoms with Gasteiger partial charge in [0.25, 0.3) is 0 Å². The third kappa shape index (κ3) is 3.15. The van der Waals surface area contributed by atoms with Crippen LogP contribution in [-0.2, 0) is 10.1 Å². The zero-order valence-corrected chi connectivity index (χ0v) is 10.0. The fourth-order valence-electron chi connectivity index (χ4n) is 0.845. The Morgan fingerprint density at radius 3 is 2.06 bits per heavy atom. The van der Waals surface area contributed by atoms with Crippen molar-refractivity contribution in [2.24, 2.45) is 0 Å². The smallest absolute Gasteiger partial charge is 0.743 e. The van der Waals surface area contributed by atoms with Crippen LogP contribution in [0, 0.1) is 0 Å². The van der Waals surface area contributed by atoms with Crippen LogP contribution in [0.3, 0.4) is 0 Å². The van der Waals surface area contributed by atoms with E-state index >= 15 is 0 Å². The van der Waals surface area contributed by atoms with Crippen molar-refractivity contribution in [3.63, 3.8) is 0 Å². The summed E-state index contributed by atoms with van der Waals surface area (Å²) in [6.07, 6.45) is 0. The van der Waals surface area contributed by atoms with Crippen LogP contribution < -0.4 is 18.9 Å². The van der Waals surface area contributed by atoms with Gasteiger partial charge in [-0.2, -0.15) is 8.78 Å². The summed E-state index contributed by atoms with van der Waals surface area (Å²) in [4.78, 5) is 0.0296. The van der Waals surface area contributed by atoms with Crippen molar-refractivity contribution in [3.05, 3.63) is 30.3 Å². The molecule has 1 unspecified atom stereocenters. The number of rotatable bonds is 3. The normalized spacial score (nSPS) is 13.9. The van der Waals surface area contributed by atoms with Crippen molar-refractivity contribution in [2.75, 3.05) is 0 Å². The summed E-state index contributed by atoms with van der Waals surface area (Å²) in [5.41, 5.74) is 0. The monoisotopic (exact) mass is 260 g/mol. The fraction of sp³-hybridized carbons (Fsp3) is 0.125. The Morgan fingerprint density at radius 2 is 1.69 bits per heavy atom.